The summed E-state index contributed by atoms with van der Waals surface area (Å²) >= 11 is 3.58. The molecule has 0 aliphatic carbocycles. The molecule has 1 rings (SSSR count). The van der Waals surface area contributed by atoms with Crippen molar-refractivity contribution in [3.8, 4) is 0 Å². The van der Waals surface area contributed by atoms with Crippen LogP contribution in [0.15, 0.2) is 16.6 Å². The second-order valence-corrected chi connectivity index (χ2v) is 5.18. The molecule has 0 heterocycles. The Morgan fingerprint density at radius 1 is 1.17 bits per heavy atom. The largest absolute Gasteiger partial charge is 0.385 e. The molecule has 102 valence electrons. The van der Waals surface area contributed by atoms with Crippen molar-refractivity contribution in [1.29, 1.82) is 0 Å². The summed E-state index contributed by atoms with van der Waals surface area (Å²) in [5, 5.41) is 3.40. The average molecular weight is 316 g/mol. The van der Waals surface area contributed by atoms with Crippen molar-refractivity contribution in [3.05, 3.63) is 27.7 Å². The second-order valence-electron chi connectivity index (χ2n) is 4.32. The van der Waals surface area contributed by atoms with Crippen LogP contribution in [0.1, 0.15) is 17.5 Å². The van der Waals surface area contributed by atoms with Crippen molar-refractivity contribution >= 4 is 21.6 Å². The van der Waals surface area contributed by atoms with E-state index in [9.17, 15) is 0 Å². The molecule has 0 atom stereocenters. The van der Waals surface area contributed by atoms with Crippen LogP contribution in [0.4, 0.5) is 5.69 Å². The van der Waals surface area contributed by atoms with Crippen LogP contribution in [-0.4, -0.2) is 33.5 Å². The number of hydrogen-bond donors (Lipinski definition) is 1. The van der Waals surface area contributed by atoms with E-state index in [0.717, 1.165) is 36.3 Å². The van der Waals surface area contributed by atoms with E-state index in [4.69, 9.17) is 9.47 Å². The predicted molar refractivity (Wildman–Crippen MR) is 79.4 cm³/mol. The molecule has 18 heavy (non-hydrogen) atoms. The van der Waals surface area contributed by atoms with E-state index in [1.807, 2.05) is 0 Å². The lowest BCUT2D eigenvalue weighted by atomic mass is 10.1. The maximum Gasteiger partial charge on any atom is 0.0639 e. The number of nitrogens with one attached hydrogen (secondary N) is 1. The molecule has 0 fully saturated rings. The van der Waals surface area contributed by atoms with Gasteiger partial charge in [0.1, 0.15) is 0 Å². The van der Waals surface area contributed by atoms with Crippen molar-refractivity contribution in [2.24, 2.45) is 0 Å². The lowest BCUT2D eigenvalue weighted by molar-refractivity contribution is 0.109. The predicted octanol–water partition coefficient (Wildman–Crippen LogP) is 3.53. The summed E-state index contributed by atoms with van der Waals surface area (Å²) in [7, 11) is 1.71. The zero-order valence-electron chi connectivity index (χ0n) is 11.4. The molecule has 0 unspecified atom stereocenters. The SMILES string of the molecule is COCCCOCCNc1c(C)cc(C)cc1Br. The summed E-state index contributed by atoms with van der Waals surface area (Å²) in [5.41, 5.74) is 3.67. The van der Waals surface area contributed by atoms with Crippen LogP contribution in [0.2, 0.25) is 0 Å². The Labute approximate surface area is 118 Å². The molecule has 0 bridgehead atoms. The van der Waals surface area contributed by atoms with Gasteiger partial charge in [0.05, 0.1) is 12.3 Å². The number of rotatable bonds is 8. The molecule has 1 aromatic rings. The summed E-state index contributed by atoms with van der Waals surface area (Å²) in [6.45, 7) is 7.25. The van der Waals surface area contributed by atoms with Crippen molar-refractivity contribution in [2.75, 3.05) is 38.8 Å². The van der Waals surface area contributed by atoms with Crippen molar-refractivity contribution in [1.82, 2.24) is 0 Å². The molecule has 3 nitrogen and oxygen atoms in total. The maximum atomic E-state index is 5.50. The van der Waals surface area contributed by atoms with Crippen molar-refractivity contribution < 1.29 is 9.47 Å². The number of ether oxygens (including phenoxy) is 2. The number of halogens is 1. The molecule has 0 saturated heterocycles. The van der Waals surface area contributed by atoms with Gasteiger partial charge in [0.2, 0.25) is 0 Å². The lowest BCUT2D eigenvalue weighted by Crippen LogP contribution is -2.12. The van der Waals surface area contributed by atoms with Gasteiger partial charge in [0.25, 0.3) is 0 Å². The van der Waals surface area contributed by atoms with Crippen molar-refractivity contribution in [3.63, 3.8) is 0 Å². The highest BCUT2D eigenvalue weighted by Gasteiger charge is 2.03. The van der Waals surface area contributed by atoms with Gasteiger partial charge in [-0.15, -0.1) is 0 Å². The van der Waals surface area contributed by atoms with Crippen molar-refractivity contribution in [2.45, 2.75) is 20.3 Å². The van der Waals surface area contributed by atoms with Gasteiger partial charge in [-0.05, 0) is 53.4 Å². The molecule has 4 heteroatoms. The Morgan fingerprint density at radius 3 is 2.61 bits per heavy atom. The third kappa shape index (κ3) is 5.38. The van der Waals surface area contributed by atoms with E-state index in [0.29, 0.717) is 6.61 Å². The Bertz CT molecular complexity index is 346. The highest BCUT2D eigenvalue weighted by atomic mass is 79.9. The minimum absolute atomic E-state index is 0.712. The molecule has 0 aliphatic heterocycles. The Morgan fingerprint density at radius 2 is 1.94 bits per heavy atom. The normalized spacial score (nSPS) is 10.7. The Kier molecular flexibility index (Phi) is 7.32. The molecule has 0 aromatic heterocycles. The minimum atomic E-state index is 0.712. The molecule has 1 aromatic carbocycles. The Balaban J connectivity index is 2.27. The van der Waals surface area contributed by atoms with E-state index < -0.39 is 0 Å². The summed E-state index contributed by atoms with van der Waals surface area (Å²) in [4.78, 5) is 0. The monoisotopic (exact) mass is 315 g/mol. The third-order valence-corrected chi connectivity index (χ3v) is 3.24. The summed E-state index contributed by atoms with van der Waals surface area (Å²) in [6, 6.07) is 4.29. The van der Waals surface area contributed by atoms with Crippen LogP contribution >= 0.6 is 15.9 Å². The zero-order valence-corrected chi connectivity index (χ0v) is 13.0. The van der Waals surface area contributed by atoms with Crippen LogP contribution in [0.5, 0.6) is 0 Å². The first kappa shape index (κ1) is 15.5. The van der Waals surface area contributed by atoms with E-state index in [2.05, 4.69) is 47.2 Å². The van der Waals surface area contributed by atoms with Crippen LogP contribution in [-0.2, 0) is 9.47 Å². The number of aryl methyl sites for hydroxylation is 2. The highest BCUT2D eigenvalue weighted by molar-refractivity contribution is 9.10. The maximum absolute atomic E-state index is 5.50. The molecule has 0 radical (unpaired) electrons. The zero-order chi connectivity index (χ0) is 13.4. The first-order chi connectivity index (χ1) is 8.65. The lowest BCUT2D eigenvalue weighted by Gasteiger charge is -2.13. The van der Waals surface area contributed by atoms with Gasteiger partial charge in [0.15, 0.2) is 0 Å². The van der Waals surface area contributed by atoms with Crippen LogP contribution in [0, 0.1) is 13.8 Å². The van der Waals surface area contributed by atoms with E-state index in [1.165, 1.54) is 11.1 Å². The summed E-state index contributed by atoms with van der Waals surface area (Å²) in [5.74, 6) is 0. The minimum Gasteiger partial charge on any atom is -0.385 e. The molecule has 0 spiro atoms. The fourth-order valence-electron chi connectivity index (χ4n) is 1.80. The fourth-order valence-corrected chi connectivity index (χ4v) is 2.61. The van der Waals surface area contributed by atoms with Gasteiger partial charge in [0, 0.05) is 31.3 Å². The fraction of sp³-hybridized carbons (Fsp3) is 0.571. The van der Waals surface area contributed by atoms with Gasteiger partial charge < -0.3 is 14.8 Å². The molecule has 0 aliphatic rings. The first-order valence-electron chi connectivity index (χ1n) is 6.22. The smallest absolute Gasteiger partial charge is 0.0639 e. The average Bonchev–Trinajstić information content (AvgIpc) is 2.30. The Hall–Kier alpha value is -0.580. The summed E-state index contributed by atoms with van der Waals surface area (Å²) < 4.78 is 11.6. The summed E-state index contributed by atoms with van der Waals surface area (Å²) in [6.07, 6.45) is 0.948. The third-order valence-electron chi connectivity index (χ3n) is 2.62. The standard InChI is InChI=1S/C14H22BrNO2/c1-11-9-12(2)14(13(15)10-11)16-5-8-18-7-4-6-17-3/h9-10,16H,4-8H2,1-3H3. The molecule has 0 saturated carbocycles. The van der Waals surface area contributed by atoms with Gasteiger partial charge >= 0.3 is 0 Å². The van der Waals surface area contributed by atoms with Gasteiger partial charge in [-0.2, -0.15) is 0 Å². The first-order valence-corrected chi connectivity index (χ1v) is 7.01. The number of hydrogen-bond acceptors (Lipinski definition) is 3. The number of benzene rings is 1. The molecule has 1 N–H and O–H groups in total. The van der Waals surface area contributed by atoms with E-state index in [1.54, 1.807) is 7.11 Å². The molecular weight excluding hydrogens is 294 g/mol. The topological polar surface area (TPSA) is 30.5 Å². The van der Waals surface area contributed by atoms with Gasteiger partial charge in [-0.1, -0.05) is 6.07 Å². The van der Waals surface area contributed by atoms with E-state index in [-0.39, 0.29) is 0 Å². The van der Waals surface area contributed by atoms with Gasteiger partial charge in [-0.25, -0.2) is 0 Å². The van der Waals surface area contributed by atoms with E-state index >= 15 is 0 Å². The molecular formula is C14H22BrNO2. The van der Waals surface area contributed by atoms with Crippen LogP contribution in [0.25, 0.3) is 0 Å². The van der Waals surface area contributed by atoms with Crippen LogP contribution in [0.3, 0.4) is 0 Å². The number of methoxy groups -OCH3 is 1. The van der Waals surface area contributed by atoms with Crippen LogP contribution < -0.4 is 5.32 Å². The molecule has 0 amide bonds. The highest BCUT2D eigenvalue weighted by Crippen LogP contribution is 2.27. The van der Waals surface area contributed by atoms with Gasteiger partial charge in [-0.3, -0.25) is 0 Å². The quantitative estimate of drug-likeness (QED) is 0.744. The second kappa shape index (κ2) is 8.51. The number of anilines is 1.